The summed E-state index contributed by atoms with van der Waals surface area (Å²) in [5.74, 6) is 1.01. The van der Waals surface area contributed by atoms with Crippen LogP contribution in [0.5, 0.6) is 5.75 Å². The largest absolute Gasteiger partial charge is 0.494 e. The van der Waals surface area contributed by atoms with Crippen molar-refractivity contribution < 1.29 is 14.3 Å². The lowest BCUT2D eigenvalue weighted by molar-refractivity contribution is -0.132. The van der Waals surface area contributed by atoms with Gasteiger partial charge in [-0.1, -0.05) is 35.9 Å². The molecule has 1 saturated heterocycles. The number of aryl methyl sites for hydroxylation is 1. The highest BCUT2D eigenvalue weighted by Gasteiger charge is 2.23. The third-order valence-corrected chi connectivity index (χ3v) is 5.60. The predicted octanol–water partition coefficient (Wildman–Crippen LogP) is 4.02. The maximum atomic E-state index is 12.5. The minimum atomic E-state index is 0.0201. The van der Waals surface area contributed by atoms with Gasteiger partial charge < -0.3 is 15.0 Å². The van der Waals surface area contributed by atoms with Crippen molar-refractivity contribution in [2.45, 2.75) is 45.1 Å². The van der Waals surface area contributed by atoms with E-state index in [4.69, 9.17) is 16.3 Å². The Morgan fingerprint density at radius 2 is 1.67 bits per heavy atom. The second-order valence-electron chi connectivity index (χ2n) is 7.60. The van der Waals surface area contributed by atoms with Crippen LogP contribution in [0, 0.1) is 0 Å². The molecule has 2 aromatic carbocycles. The summed E-state index contributed by atoms with van der Waals surface area (Å²) < 4.78 is 5.43. The topological polar surface area (TPSA) is 58.6 Å². The summed E-state index contributed by atoms with van der Waals surface area (Å²) in [4.78, 5) is 26.8. The number of benzene rings is 2. The second kappa shape index (κ2) is 11.0. The number of hydrogen-bond acceptors (Lipinski definition) is 3. The first-order chi connectivity index (χ1) is 14.5. The predicted molar refractivity (Wildman–Crippen MR) is 119 cm³/mol. The van der Waals surface area contributed by atoms with Crippen LogP contribution in [0.4, 0.5) is 0 Å². The van der Waals surface area contributed by atoms with Gasteiger partial charge >= 0.3 is 0 Å². The van der Waals surface area contributed by atoms with Gasteiger partial charge in [0.25, 0.3) is 0 Å². The van der Waals surface area contributed by atoms with Crippen molar-refractivity contribution in [3.05, 3.63) is 64.7 Å². The molecule has 6 heteroatoms. The summed E-state index contributed by atoms with van der Waals surface area (Å²) in [5.41, 5.74) is 2.08. The molecule has 160 valence electrons. The van der Waals surface area contributed by atoms with E-state index in [0.29, 0.717) is 37.6 Å². The van der Waals surface area contributed by atoms with Gasteiger partial charge in [-0.05, 0) is 61.6 Å². The van der Waals surface area contributed by atoms with E-state index in [1.807, 2.05) is 60.4 Å². The van der Waals surface area contributed by atoms with Gasteiger partial charge in [0.2, 0.25) is 11.8 Å². The first kappa shape index (κ1) is 22.2. The molecule has 1 aliphatic rings. The molecule has 30 heavy (non-hydrogen) atoms. The van der Waals surface area contributed by atoms with Crippen LogP contribution in [0.3, 0.4) is 0 Å². The summed E-state index contributed by atoms with van der Waals surface area (Å²) in [7, 11) is 0. The van der Waals surface area contributed by atoms with Gasteiger partial charge in [0.15, 0.2) is 0 Å². The van der Waals surface area contributed by atoms with Crippen LogP contribution in [0.2, 0.25) is 5.02 Å². The summed E-state index contributed by atoms with van der Waals surface area (Å²) in [5, 5.41) is 3.81. The first-order valence-corrected chi connectivity index (χ1v) is 10.9. The fraction of sp³-hybridized carbons (Fsp3) is 0.417. The number of carbonyl (C=O) groups is 2. The maximum absolute atomic E-state index is 12.5. The van der Waals surface area contributed by atoms with Gasteiger partial charge in [0.1, 0.15) is 5.75 Å². The Kier molecular flexibility index (Phi) is 8.14. The molecule has 2 aromatic rings. The van der Waals surface area contributed by atoms with Crippen molar-refractivity contribution in [2.24, 2.45) is 0 Å². The van der Waals surface area contributed by atoms with Gasteiger partial charge in [-0.3, -0.25) is 9.59 Å². The number of ether oxygens (including phenoxy) is 1. The van der Waals surface area contributed by atoms with E-state index in [1.165, 1.54) is 0 Å². The molecule has 1 fully saturated rings. The average molecular weight is 429 g/mol. The smallest absolute Gasteiger partial charge is 0.224 e. The molecular formula is C24H29ClN2O3. The standard InChI is InChI=1S/C24H29ClN2O3/c1-2-30-22-10-5-19(6-11-22)17-23(28)26-21-13-15-27(16-14-21)24(29)12-7-18-3-8-20(25)9-4-18/h3-6,8-11,21H,2,7,12-17H2,1H3,(H,26,28). The van der Waals surface area contributed by atoms with Crippen molar-refractivity contribution >= 4 is 23.4 Å². The Morgan fingerprint density at radius 3 is 2.30 bits per heavy atom. The fourth-order valence-corrected chi connectivity index (χ4v) is 3.79. The maximum Gasteiger partial charge on any atom is 0.224 e. The molecule has 0 unspecified atom stereocenters. The number of nitrogens with zero attached hydrogens (tertiary/aromatic N) is 1. The van der Waals surface area contributed by atoms with Crippen LogP contribution in [-0.4, -0.2) is 42.5 Å². The zero-order valence-electron chi connectivity index (χ0n) is 17.4. The summed E-state index contributed by atoms with van der Waals surface area (Å²) in [6.07, 6.45) is 3.15. The van der Waals surface area contributed by atoms with Crippen molar-refractivity contribution in [3.63, 3.8) is 0 Å². The molecule has 1 heterocycles. The van der Waals surface area contributed by atoms with E-state index < -0.39 is 0 Å². The minimum Gasteiger partial charge on any atom is -0.494 e. The number of piperidine rings is 1. The monoisotopic (exact) mass is 428 g/mol. The summed E-state index contributed by atoms with van der Waals surface area (Å²) in [6.45, 7) is 3.95. The number of nitrogens with one attached hydrogen (secondary N) is 1. The quantitative estimate of drug-likeness (QED) is 0.690. The zero-order chi connectivity index (χ0) is 21.3. The zero-order valence-corrected chi connectivity index (χ0v) is 18.2. The molecule has 0 aliphatic carbocycles. The number of carbonyl (C=O) groups excluding carboxylic acids is 2. The molecule has 5 nitrogen and oxygen atoms in total. The fourth-order valence-electron chi connectivity index (χ4n) is 3.67. The molecule has 1 aliphatic heterocycles. The normalized spacial score (nSPS) is 14.4. The second-order valence-corrected chi connectivity index (χ2v) is 8.04. The van der Waals surface area contributed by atoms with Crippen LogP contribution >= 0.6 is 11.6 Å². The minimum absolute atomic E-state index is 0.0201. The van der Waals surface area contributed by atoms with E-state index in [0.717, 1.165) is 36.1 Å². The Balaban J connectivity index is 1.37. The van der Waals surface area contributed by atoms with Gasteiger partial charge in [-0.25, -0.2) is 0 Å². The SMILES string of the molecule is CCOc1ccc(CC(=O)NC2CCN(C(=O)CCc3ccc(Cl)cc3)CC2)cc1. The molecule has 0 spiro atoms. The number of halogens is 1. The molecule has 0 atom stereocenters. The molecule has 0 aromatic heterocycles. The van der Waals surface area contributed by atoms with Crippen molar-refractivity contribution in [2.75, 3.05) is 19.7 Å². The Labute approximate surface area is 183 Å². The third-order valence-electron chi connectivity index (χ3n) is 5.35. The molecule has 1 N–H and O–H groups in total. The van der Waals surface area contributed by atoms with Crippen LogP contribution in [0.15, 0.2) is 48.5 Å². The van der Waals surface area contributed by atoms with Gasteiger partial charge in [-0.15, -0.1) is 0 Å². The number of hydrogen-bond donors (Lipinski definition) is 1. The van der Waals surface area contributed by atoms with E-state index >= 15 is 0 Å². The van der Waals surface area contributed by atoms with Crippen LogP contribution in [0.1, 0.15) is 37.3 Å². The highest BCUT2D eigenvalue weighted by molar-refractivity contribution is 6.30. The van der Waals surface area contributed by atoms with Crippen molar-refractivity contribution in [1.82, 2.24) is 10.2 Å². The Hall–Kier alpha value is -2.53. The van der Waals surface area contributed by atoms with E-state index in [1.54, 1.807) is 0 Å². The highest BCUT2D eigenvalue weighted by Crippen LogP contribution is 2.16. The molecule has 3 rings (SSSR count). The lowest BCUT2D eigenvalue weighted by atomic mass is 10.0. The lowest BCUT2D eigenvalue weighted by Gasteiger charge is -2.32. The van der Waals surface area contributed by atoms with Gasteiger partial charge in [0.05, 0.1) is 13.0 Å². The number of rotatable bonds is 8. The Morgan fingerprint density at radius 1 is 1.03 bits per heavy atom. The van der Waals surface area contributed by atoms with Gasteiger partial charge in [-0.2, -0.15) is 0 Å². The summed E-state index contributed by atoms with van der Waals surface area (Å²) >= 11 is 5.90. The van der Waals surface area contributed by atoms with Crippen molar-refractivity contribution in [3.8, 4) is 5.75 Å². The van der Waals surface area contributed by atoms with Crippen LogP contribution < -0.4 is 10.1 Å². The number of amides is 2. The van der Waals surface area contributed by atoms with Crippen LogP contribution in [0.25, 0.3) is 0 Å². The number of likely N-dealkylation sites (tertiary alicyclic amines) is 1. The molecule has 0 bridgehead atoms. The first-order valence-electron chi connectivity index (χ1n) is 10.6. The molecule has 2 amide bonds. The van der Waals surface area contributed by atoms with E-state index in [2.05, 4.69) is 5.32 Å². The Bertz CT molecular complexity index is 829. The summed E-state index contributed by atoms with van der Waals surface area (Å²) in [6, 6.07) is 15.4. The van der Waals surface area contributed by atoms with E-state index in [-0.39, 0.29) is 17.9 Å². The molecular weight excluding hydrogens is 400 g/mol. The van der Waals surface area contributed by atoms with E-state index in [9.17, 15) is 9.59 Å². The van der Waals surface area contributed by atoms with Crippen LogP contribution in [-0.2, 0) is 22.4 Å². The third kappa shape index (κ3) is 6.77. The highest BCUT2D eigenvalue weighted by atomic mass is 35.5. The molecule has 0 radical (unpaired) electrons. The van der Waals surface area contributed by atoms with Gasteiger partial charge in [0, 0.05) is 30.6 Å². The van der Waals surface area contributed by atoms with Crippen molar-refractivity contribution in [1.29, 1.82) is 0 Å². The molecule has 0 saturated carbocycles. The lowest BCUT2D eigenvalue weighted by Crippen LogP contribution is -2.46. The average Bonchev–Trinajstić information content (AvgIpc) is 2.75.